The molecule has 0 radical (unpaired) electrons. The van der Waals surface area contributed by atoms with Gasteiger partial charge in [-0.3, -0.25) is 4.79 Å². The van der Waals surface area contributed by atoms with Crippen molar-refractivity contribution in [2.24, 2.45) is 0 Å². The Morgan fingerprint density at radius 2 is 2.16 bits per heavy atom. The van der Waals surface area contributed by atoms with Crippen LogP contribution < -0.4 is 10.5 Å². The van der Waals surface area contributed by atoms with Gasteiger partial charge in [0.1, 0.15) is 5.75 Å². The van der Waals surface area contributed by atoms with Gasteiger partial charge in [0, 0.05) is 25.3 Å². The van der Waals surface area contributed by atoms with E-state index in [1.54, 1.807) is 32.4 Å². The number of carbonyl (C=O) groups is 1. The first-order valence-electron chi connectivity index (χ1n) is 6.40. The SMILES string of the molecule is COCCN(C(=O)c1ccc(OC)c(N)c1)C1CC1. The molecule has 1 fully saturated rings. The van der Waals surface area contributed by atoms with E-state index in [0.29, 0.717) is 36.2 Å². The Morgan fingerprint density at radius 1 is 1.42 bits per heavy atom. The first-order valence-corrected chi connectivity index (χ1v) is 6.40. The van der Waals surface area contributed by atoms with Gasteiger partial charge in [-0.2, -0.15) is 0 Å². The first kappa shape index (κ1) is 13.7. The number of hydrogen-bond acceptors (Lipinski definition) is 4. The summed E-state index contributed by atoms with van der Waals surface area (Å²) in [6.07, 6.45) is 2.14. The van der Waals surface area contributed by atoms with Gasteiger partial charge < -0.3 is 20.1 Å². The number of hydrogen-bond donors (Lipinski definition) is 1. The molecular formula is C14H20N2O3. The van der Waals surface area contributed by atoms with E-state index in [2.05, 4.69) is 0 Å². The van der Waals surface area contributed by atoms with E-state index in [0.717, 1.165) is 12.8 Å². The molecule has 19 heavy (non-hydrogen) atoms. The summed E-state index contributed by atoms with van der Waals surface area (Å²) in [5, 5.41) is 0. The highest BCUT2D eigenvalue weighted by Gasteiger charge is 2.32. The monoisotopic (exact) mass is 264 g/mol. The minimum absolute atomic E-state index is 0.00824. The van der Waals surface area contributed by atoms with Crippen molar-refractivity contribution < 1.29 is 14.3 Å². The molecule has 5 heteroatoms. The molecule has 1 saturated carbocycles. The Morgan fingerprint density at radius 3 is 2.68 bits per heavy atom. The summed E-state index contributed by atoms with van der Waals surface area (Å²) in [4.78, 5) is 14.3. The minimum Gasteiger partial charge on any atom is -0.495 e. The van der Waals surface area contributed by atoms with Crippen molar-refractivity contribution >= 4 is 11.6 Å². The Kier molecular flexibility index (Phi) is 4.27. The number of benzene rings is 1. The number of nitrogens with two attached hydrogens (primary N) is 1. The predicted octanol–water partition coefficient (Wildman–Crippen LogP) is 1.53. The van der Waals surface area contributed by atoms with Crippen LogP contribution in [-0.4, -0.2) is 44.2 Å². The molecule has 2 rings (SSSR count). The minimum atomic E-state index is 0.00824. The topological polar surface area (TPSA) is 64.8 Å². The average Bonchev–Trinajstić information content (AvgIpc) is 3.23. The van der Waals surface area contributed by atoms with Gasteiger partial charge in [-0.25, -0.2) is 0 Å². The molecule has 1 amide bonds. The number of anilines is 1. The third kappa shape index (κ3) is 3.17. The van der Waals surface area contributed by atoms with Gasteiger partial charge >= 0.3 is 0 Å². The van der Waals surface area contributed by atoms with Crippen LogP contribution in [-0.2, 0) is 4.74 Å². The molecule has 0 spiro atoms. The first-order chi connectivity index (χ1) is 9.17. The summed E-state index contributed by atoms with van der Waals surface area (Å²) in [5.41, 5.74) is 6.92. The van der Waals surface area contributed by atoms with Gasteiger partial charge in [0.15, 0.2) is 0 Å². The smallest absolute Gasteiger partial charge is 0.254 e. The van der Waals surface area contributed by atoms with Crippen molar-refractivity contribution in [1.82, 2.24) is 4.90 Å². The second-order valence-electron chi connectivity index (χ2n) is 4.68. The van der Waals surface area contributed by atoms with Crippen molar-refractivity contribution in [1.29, 1.82) is 0 Å². The van der Waals surface area contributed by atoms with E-state index in [4.69, 9.17) is 15.2 Å². The van der Waals surface area contributed by atoms with Crippen LogP contribution >= 0.6 is 0 Å². The van der Waals surface area contributed by atoms with Crippen LogP contribution in [0.25, 0.3) is 0 Å². The average molecular weight is 264 g/mol. The summed E-state index contributed by atoms with van der Waals surface area (Å²) in [6, 6.07) is 5.50. The lowest BCUT2D eigenvalue weighted by molar-refractivity contribution is 0.0680. The highest BCUT2D eigenvalue weighted by Crippen LogP contribution is 2.29. The molecule has 0 unspecified atom stereocenters. The maximum absolute atomic E-state index is 12.5. The Balaban J connectivity index is 2.14. The molecule has 2 N–H and O–H groups in total. The molecule has 1 aromatic carbocycles. The number of nitrogen functional groups attached to an aromatic ring is 1. The molecule has 5 nitrogen and oxygen atoms in total. The number of methoxy groups -OCH3 is 2. The molecule has 0 aliphatic heterocycles. The summed E-state index contributed by atoms with van der Waals surface area (Å²) >= 11 is 0. The fourth-order valence-electron chi connectivity index (χ4n) is 2.06. The Labute approximate surface area is 113 Å². The van der Waals surface area contributed by atoms with Crippen LogP contribution in [0.4, 0.5) is 5.69 Å². The summed E-state index contributed by atoms with van der Waals surface area (Å²) in [6.45, 7) is 1.17. The predicted molar refractivity (Wildman–Crippen MR) is 73.3 cm³/mol. The molecule has 0 bridgehead atoms. The summed E-state index contributed by atoms with van der Waals surface area (Å²) in [7, 11) is 3.20. The van der Waals surface area contributed by atoms with Crippen molar-refractivity contribution in [3.8, 4) is 5.75 Å². The lowest BCUT2D eigenvalue weighted by Crippen LogP contribution is -2.35. The second kappa shape index (κ2) is 5.93. The highest BCUT2D eigenvalue weighted by atomic mass is 16.5. The number of nitrogens with zero attached hydrogens (tertiary/aromatic N) is 1. The van der Waals surface area contributed by atoms with E-state index in [9.17, 15) is 4.79 Å². The Bertz CT molecular complexity index is 458. The van der Waals surface area contributed by atoms with Gasteiger partial charge in [0.25, 0.3) is 5.91 Å². The zero-order valence-corrected chi connectivity index (χ0v) is 11.4. The van der Waals surface area contributed by atoms with Crippen molar-refractivity contribution in [2.75, 3.05) is 33.1 Å². The van der Waals surface area contributed by atoms with Crippen LogP contribution in [0, 0.1) is 0 Å². The Hall–Kier alpha value is -1.75. The standard InChI is InChI=1S/C14H20N2O3/c1-18-8-7-16(11-4-5-11)14(17)10-3-6-13(19-2)12(15)9-10/h3,6,9,11H,4-5,7-8,15H2,1-2H3. The van der Waals surface area contributed by atoms with E-state index < -0.39 is 0 Å². The molecule has 104 valence electrons. The number of ether oxygens (including phenoxy) is 2. The van der Waals surface area contributed by atoms with Crippen LogP contribution in [0.15, 0.2) is 18.2 Å². The number of amides is 1. The molecule has 1 aliphatic rings. The molecule has 1 aliphatic carbocycles. The van der Waals surface area contributed by atoms with Gasteiger partial charge in [-0.15, -0.1) is 0 Å². The summed E-state index contributed by atoms with van der Waals surface area (Å²) < 4.78 is 10.2. The van der Waals surface area contributed by atoms with Crippen LogP contribution in [0.1, 0.15) is 23.2 Å². The maximum Gasteiger partial charge on any atom is 0.254 e. The van der Waals surface area contributed by atoms with Crippen molar-refractivity contribution in [2.45, 2.75) is 18.9 Å². The van der Waals surface area contributed by atoms with E-state index in [-0.39, 0.29) is 5.91 Å². The molecular weight excluding hydrogens is 244 g/mol. The fraction of sp³-hybridized carbons (Fsp3) is 0.500. The molecule has 0 saturated heterocycles. The van der Waals surface area contributed by atoms with Crippen molar-refractivity contribution in [3.63, 3.8) is 0 Å². The molecule has 0 aromatic heterocycles. The van der Waals surface area contributed by atoms with E-state index in [1.807, 2.05) is 4.90 Å². The fourth-order valence-corrected chi connectivity index (χ4v) is 2.06. The van der Waals surface area contributed by atoms with Gasteiger partial charge in [-0.1, -0.05) is 0 Å². The summed E-state index contributed by atoms with van der Waals surface area (Å²) in [5.74, 6) is 0.598. The zero-order chi connectivity index (χ0) is 13.8. The van der Waals surface area contributed by atoms with Crippen LogP contribution in [0.5, 0.6) is 5.75 Å². The normalized spacial score (nSPS) is 14.2. The third-order valence-corrected chi connectivity index (χ3v) is 3.26. The second-order valence-corrected chi connectivity index (χ2v) is 4.68. The lowest BCUT2D eigenvalue weighted by Gasteiger charge is -2.22. The molecule has 1 aromatic rings. The maximum atomic E-state index is 12.5. The number of rotatable bonds is 6. The van der Waals surface area contributed by atoms with Crippen LogP contribution in [0.3, 0.4) is 0 Å². The quantitative estimate of drug-likeness (QED) is 0.791. The third-order valence-electron chi connectivity index (χ3n) is 3.26. The van der Waals surface area contributed by atoms with Gasteiger partial charge in [0.05, 0.1) is 19.4 Å². The van der Waals surface area contributed by atoms with E-state index in [1.165, 1.54) is 0 Å². The molecule has 0 heterocycles. The van der Waals surface area contributed by atoms with Gasteiger partial charge in [-0.05, 0) is 31.0 Å². The zero-order valence-electron chi connectivity index (χ0n) is 11.4. The highest BCUT2D eigenvalue weighted by molar-refractivity contribution is 5.95. The number of carbonyl (C=O) groups excluding carboxylic acids is 1. The largest absolute Gasteiger partial charge is 0.495 e. The van der Waals surface area contributed by atoms with E-state index >= 15 is 0 Å². The van der Waals surface area contributed by atoms with Crippen LogP contribution in [0.2, 0.25) is 0 Å². The van der Waals surface area contributed by atoms with Crippen molar-refractivity contribution in [3.05, 3.63) is 23.8 Å². The van der Waals surface area contributed by atoms with Gasteiger partial charge in [0.2, 0.25) is 0 Å². The molecule has 0 atom stereocenters. The lowest BCUT2D eigenvalue weighted by atomic mass is 10.1.